The molecule has 1 fully saturated rings. The number of hydrogen-bond acceptors (Lipinski definition) is 7. The van der Waals surface area contributed by atoms with Crippen molar-refractivity contribution in [3.05, 3.63) is 108 Å². The zero-order valence-corrected chi connectivity index (χ0v) is 22.6. The third-order valence-electron chi connectivity index (χ3n) is 6.40. The number of rotatable bonds is 10. The minimum absolute atomic E-state index is 0.0303. The van der Waals surface area contributed by atoms with Gasteiger partial charge in [0.05, 0.1) is 23.5 Å². The van der Waals surface area contributed by atoms with Gasteiger partial charge >= 0.3 is 0 Å². The van der Waals surface area contributed by atoms with Gasteiger partial charge in [-0.05, 0) is 35.7 Å². The van der Waals surface area contributed by atoms with E-state index >= 15 is 8.78 Å². The fourth-order valence-electron chi connectivity index (χ4n) is 4.55. The molecule has 3 aromatic carbocycles. The molecule has 208 valence electrons. The highest BCUT2D eigenvalue weighted by molar-refractivity contribution is 7.86. The second kappa shape index (κ2) is 12.0. The quantitative estimate of drug-likeness (QED) is 0.227. The Morgan fingerprint density at radius 2 is 1.48 bits per heavy atom. The fraction of sp³-hybridized carbons (Fsp3) is 0.233. The van der Waals surface area contributed by atoms with Gasteiger partial charge in [-0.3, -0.25) is 4.18 Å². The summed E-state index contributed by atoms with van der Waals surface area (Å²) in [4.78, 5) is 6.14. The van der Waals surface area contributed by atoms with E-state index in [1.165, 1.54) is 18.2 Å². The molecule has 7 nitrogen and oxygen atoms in total. The summed E-state index contributed by atoms with van der Waals surface area (Å²) in [5.41, 5.74) is 1.96. The van der Waals surface area contributed by atoms with Gasteiger partial charge in [0, 0.05) is 24.8 Å². The molecular formula is C30H28F2N2O5S. The van der Waals surface area contributed by atoms with E-state index in [9.17, 15) is 8.42 Å². The van der Waals surface area contributed by atoms with Crippen molar-refractivity contribution in [3.8, 4) is 22.9 Å². The number of nitrogens with zero attached hydrogens (tertiary/aromatic N) is 2. The predicted molar refractivity (Wildman–Crippen MR) is 148 cm³/mol. The van der Waals surface area contributed by atoms with Crippen LogP contribution in [0.15, 0.2) is 84.9 Å². The van der Waals surface area contributed by atoms with Crippen LogP contribution in [0.2, 0.25) is 0 Å². The number of anilines is 1. The summed E-state index contributed by atoms with van der Waals surface area (Å²) in [5.74, 6) is -1.32. The third kappa shape index (κ3) is 6.94. The molecule has 0 amide bonds. The first kappa shape index (κ1) is 27.5. The molecule has 2 heterocycles. The fourth-order valence-corrected chi connectivity index (χ4v) is 5.20. The molecule has 0 bridgehead atoms. The van der Waals surface area contributed by atoms with Crippen LogP contribution < -0.4 is 14.4 Å². The molecule has 10 heteroatoms. The van der Waals surface area contributed by atoms with Crippen molar-refractivity contribution in [2.24, 2.45) is 0 Å². The number of aromatic nitrogens is 1. The van der Waals surface area contributed by atoms with Gasteiger partial charge in [-0.1, -0.05) is 60.7 Å². The summed E-state index contributed by atoms with van der Waals surface area (Å²) < 4.78 is 70.8. The molecule has 0 N–H and O–H groups in total. The minimum Gasteiger partial charge on any atom is -0.473 e. The van der Waals surface area contributed by atoms with Crippen LogP contribution >= 0.6 is 0 Å². The number of benzene rings is 3. The molecule has 0 saturated carbocycles. The third-order valence-corrected chi connectivity index (χ3v) is 7.02. The monoisotopic (exact) mass is 566 g/mol. The van der Waals surface area contributed by atoms with Crippen LogP contribution in [0.4, 0.5) is 14.5 Å². The SMILES string of the molecule is CS(=O)(=O)O[C@@H]1CCN(c2cc(F)c(-c3ccc(OCc4ccccc4)nc3OCc3ccccc3)c(F)c2)C1. The van der Waals surface area contributed by atoms with E-state index in [1.807, 2.05) is 60.7 Å². The van der Waals surface area contributed by atoms with Gasteiger partial charge < -0.3 is 14.4 Å². The maximum absolute atomic E-state index is 15.5. The van der Waals surface area contributed by atoms with Crippen LogP contribution in [-0.4, -0.2) is 38.9 Å². The van der Waals surface area contributed by atoms with Gasteiger partial charge in [0.25, 0.3) is 10.1 Å². The highest BCUT2D eigenvalue weighted by Crippen LogP contribution is 2.37. The van der Waals surface area contributed by atoms with Crippen LogP contribution in [0.5, 0.6) is 11.8 Å². The van der Waals surface area contributed by atoms with E-state index in [0.717, 1.165) is 17.4 Å². The number of pyridine rings is 1. The Hall–Kier alpha value is -4.02. The van der Waals surface area contributed by atoms with Gasteiger partial charge in [0.2, 0.25) is 11.8 Å². The van der Waals surface area contributed by atoms with Gasteiger partial charge in [-0.2, -0.15) is 13.4 Å². The van der Waals surface area contributed by atoms with E-state index < -0.39 is 27.9 Å². The summed E-state index contributed by atoms with van der Waals surface area (Å²) in [7, 11) is -3.63. The van der Waals surface area contributed by atoms with Crippen LogP contribution in [0.1, 0.15) is 17.5 Å². The second-order valence-corrected chi connectivity index (χ2v) is 11.1. The maximum atomic E-state index is 15.5. The van der Waals surface area contributed by atoms with Gasteiger partial charge in [0.1, 0.15) is 24.8 Å². The lowest BCUT2D eigenvalue weighted by atomic mass is 10.0. The van der Waals surface area contributed by atoms with Crippen LogP contribution in [0.25, 0.3) is 11.1 Å². The lowest BCUT2D eigenvalue weighted by molar-refractivity contribution is 0.234. The molecule has 5 rings (SSSR count). The van der Waals surface area contributed by atoms with E-state index in [4.69, 9.17) is 13.7 Å². The highest BCUT2D eigenvalue weighted by atomic mass is 32.2. The van der Waals surface area contributed by atoms with E-state index in [1.54, 1.807) is 11.0 Å². The summed E-state index contributed by atoms with van der Waals surface area (Å²) >= 11 is 0. The van der Waals surface area contributed by atoms with Crippen molar-refractivity contribution >= 4 is 15.8 Å². The molecule has 0 unspecified atom stereocenters. The van der Waals surface area contributed by atoms with Gasteiger partial charge in [-0.15, -0.1) is 0 Å². The number of hydrogen-bond donors (Lipinski definition) is 0. The first-order chi connectivity index (χ1) is 19.2. The minimum atomic E-state index is -3.63. The van der Waals surface area contributed by atoms with Gasteiger partial charge in [-0.25, -0.2) is 8.78 Å². The number of ether oxygens (including phenoxy) is 2. The van der Waals surface area contributed by atoms with Crippen molar-refractivity contribution in [2.75, 3.05) is 24.2 Å². The Balaban J connectivity index is 1.42. The number of halogens is 2. The van der Waals surface area contributed by atoms with E-state index in [0.29, 0.717) is 18.7 Å². The Bertz CT molecular complexity index is 1550. The van der Waals surface area contributed by atoms with Crippen LogP contribution in [0, 0.1) is 11.6 Å². The zero-order chi connectivity index (χ0) is 28.1. The predicted octanol–water partition coefficient (Wildman–Crippen LogP) is 5.74. The molecule has 0 aliphatic carbocycles. The molecule has 1 saturated heterocycles. The lowest BCUT2D eigenvalue weighted by Crippen LogP contribution is -2.24. The normalized spacial score (nSPS) is 15.3. The Morgan fingerprint density at radius 3 is 2.08 bits per heavy atom. The van der Waals surface area contributed by atoms with Crippen molar-refractivity contribution in [1.29, 1.82) is 0 Å². The second-order valence-electron chi connectivity index (χ2n) is 9.49. The average molecular weight is 567 g/mol. The van der Waals surface area contributed by atoms with Crippen molar-refractivity contribution in [2.45, 2.75) is 25.7 Å². The average Bonchev–Trinajstić information content (AvgIpc) is 3.39. The topological polar surface area (TPSA) is 78.0 Å². The standard InChI is InChI=1S/C30H28F2N2O5S/c1-40(35,36)39-24-14-15-34(18-24)23-16-26(31)29(27(32)17-23)25-12-13-28(37-19-21-8-4-2-5-9-21)33-30(25)38-20-22-10-6-3-7-11-22/h2-13,16-17,24H,14-15,18-20H2,1H3/t24-/m1/s1. The zero-order valence-electron chi connectivity index (χ0n) is 21.8. The Labute approximate surface area is 232 Å². The maximum Gasteiger partial charge on any atom is 0.264 e. The largest absolute Gasteiger partial charge is 0.473 e. The molecule has 0 radical (unpaired) electrons. The van der Waals surface area contributed by atoms with Crippen molar-refractivity contribution in [1.82, 2.24) is 4.98 Å². The van der Waals surface area contributed by atoms with Gasteiger partial charge in [0.15, 0.2) is 0 Å². The summed E-state index contributed by atoms with van der Waals surface area (Å²) in [6.07, 6.45) is 0.823. The summed E-state index contributed by atoms with van der Waals surface area (Å²) in [6.45, 7) is 1.01. The van der Waals surface area contributed by atoms with Crippen molar-refractivity contribution < 1.29 is 30.9 Å². The van der Waals surface area contributed by atoms with Crippen molar-refractivity contribution in [3.63, 3.8) is 0 Å². The molecule has 0 spiro atoms. The molecule has 1 aromatic heterocycles. The lowest BCUT2D eigenvalue weighted by Gasteiger charge is -2.20. The Morgan fingerprint density at radius 1 is 0.875 bits per heavy atom. The highest BCUT2D eigenvalue weighted by Gasteiger charge is 2.28. The van der Waals surface area contributed by atoms with Crippen LogP contribution in [0.3, 0.4) is 0 Å². The van der Waals surface area contributed by atoms with Crippen LogP contribution in [-0.2, 0) is 27.5 Å². The summed E-state index contributed by atoms with van der Waals surface area (Å²) in [6, 6.07) is 24.5. The Kier molecular flexibility index (Phi) is 8.27. The van der Waals surface area contributed by atoms with E-state index in [-0.39, 0.29) is 42.6 Å². The summed E-state index contributed by atoms with van der Waals surface area (Å²) in [5, 5.41) is 0. The molecule has 40 heavy (non-hydrogen) atoms. The molecule has 1 aliphatic heterocycles. The smallest absolute Gasteiger partial charge is 0.264 e. The molecule has 1 aliphatic rings. The molecular weight excluding hydrogens is 538 g/mol. The van der Waals surface area contributed by atoms with E-state index in [2.05, 4.69) is 4.98 Å². The first-order valence-electron chi connectivity index (χ1n) is 12.7. The molecule has 1 atom stereocenters. The first-order valence-corrected chi connectivity index (χ1v) is 14.5. The molecule has 4 aromatic rings.